The van der Waals surface area contributed by atoms with Crippen LogP contribution in [0.3, 0.4) is 0 Å². The van der Waals surface area contributed by atoms with Crippen LogP contribution in [0.25, 0.3) is 21.9 Å². The molecule has 3 aromatic heterocycles. The molecule has 1 spiro atoms. The first-order valence-electron chi connectivity index (χ1n) is 17.6. The Balaban J connectivity index is 0.903. The number of halogens is 3. The third-order valence-corrected chi connectivity index (χ3v) is 11.2. The smallest absolute Gasteiger partial charge is 0.255 e. The summed E-state index contributed by atoms with van der Waals surface area (Å²) >= 11 is 5.89. The standard InChI is InChI=1S/C39H36ClF2N7O3/c1-22-28-15-24(16-31(42)36(28)47-46-22)38(50)43-26-7-8-33-32(18-26)44-37(49(33)20-27-9-14-51-27)29-19-39(29)10-12-48(13-11-39)34-3-2-4-35(45-34)52-21-23-5-6-25(40)17-30(23)41/h2-8,15-18,27,29H,9-14,19-21H2,1H3,(H,43,50)(H,46,47). The number of H-pyrrole nitrogens is 1. The molecule has 1 saturated carbocycles. The number of aryl methyl sites for hydroxylation is 1. The molecule has 3 fully saturated rings. The summed E-state index contributed by atoms with van der Waals surface area (Å²) < 4.78 is 43.0. The molecule has 2 atom stereocenters. The normalized spacial score (nSPS) is 19.3. The van der Waals surface area contributed by atoms with Crippen LogP contribution in [0.2, 0.25) is 5.02 Å². The van der Waals surface area contributed by atoms with Crippen molar-refractivity contribution in [3.8, 4) is 5.88 Å². The van der Waals surface area contributed by atoms with Crippen molar-refractivity contribution in [2.75, 3.05) is 29.9 Å². The number of aromatic nitrogens is 5. The number of hydrogen-bond acceptors (Lipinski definition) is 7. The van der Waals surface area contributed by atoms with Gasteiger partial charge in [0.2, 0.25) is 5.88 Å². The van der Waals surface area contributed by atoms with E-state index >= 15 is 0 Å². The molecular weight excluding hydrogens is 688 g/mol. The van der Waals surface area contributed by atoms with Crippen molar-refractivity contribution in [1.82, 2.24) is 24.7 Å². The highest BCUT2D eigenvalue weighted by Gasteiger charge is 2.57. The molecule has 0 radical (unpaired) electrons. The number of nitrogens with zero attached hydrogens (tertiary/aromatic N) is 5. The summed E-state index contributed by atoms with van der Waals surface area (Å²) in [5, 5.41) is 10.6. The number of piperidine rings is 1. The Labute approximate surface area is 303 Å². The van der Waals surface area contributed by atoms with Gasteiger partial charge in [-0.1, -0.05) is 23.7 Å². The third kappa shape index (κ3) is 6.03. The Kier molecular flexibility index (Phi) is 8.11. The van der Waals surface area contributed by atoms with Crippen molar-refractivity contribution in [2.24, 2.45) is 5.41 Å². The molecule has 0 bridgehead atoms. The summed E-state index contributed by atoms with van der Waals surface area (Å²) in [4.78, 5) is 25.5. The number of hydrogen-bond donors (Lipinski definition) is 2. The molecule has 2 N–H and O–H groups in total. The van der Waals surface area contributed by atoms with E-state index in [9.17, 15) is 13.6 Å². The van der Waals surface area contributed by atoms with Gasteiger partial charge in [0.1, 0.15) is 29.6 Å². The zero-order valence-electron chi connectivity index (χ0n) is 28.5. The molecule has 3 aromatic carbocycles. The molecule has 1 aliphatic carbocycles. The minimum absolute atomic E-state index is 0.0625. The molecule has 1 amide bonds. The number of fused-ring (bicyclic) bond motifs is 2. The van der Waals surface area contributed by atoms with Crippen LogP contribution in [0, 0.1) is 24.0 Å². The summed E-state index contributed by atoms with van der Waals surface area (Å²) in [5.74, 6) is 1.30. The molecule has 266 valence electrons. The van der Waals surface area contributed by atoms with Gasteiger partial charge in [-0.3, -0.25) is 9.89 Å². The van der Waals surface area contributed by atoms with Gasteiger partial charge in [0.25, 0.3) is 5.91 Å². The number of carbonyl (C=O) groups excluding carboxylic acids is 1. The lowest BCUT2D eigenvalue weighted by atomic mass is 9.90. The van der Waals surface area contributed by atoms with Crippen molar-refractivity contribution in [1.29, 1.82) is 0 Å². The Morgan fingerprint density at radius 3 is 2.71 bits per heavy atom. The van der Waals surface area contributed by atoms with Gasteiger partial charge in [-0.2, -0.15) is 10.1 Å². The van der Waals surface area contributed by atoms with Gasteiger partial charge < -0.3 is 24.3 Å². The second kappa shape index (κ2) is 12.9. The summed E-state index contributed by atoms with van der Waals surface area (Å²) in [7, 11) is 0. The zero-order valence-corrected chi connectivity index (χ0v) is 29.2. The third-order valence-electron chi connectivity index (χ3n) is 11.0. The maximum atomic E-state index is 14.7. The molecule has 5 heterocycles. The van der Waals surface area contributed by atoms with E-state index in [2.05, 4.69) is 25.0 Å². The summed E-state index contributed by atoms with van der Waals surface area (Å²) in [5.41, 5.74) is 4.10. The van der Waals surface area contributed by atoms with E-state index in [1.54, 1.807) is 31.2 Å². The van der Waals surface area contributed by atoms with Gasteiger partial charge in [-0.15, -0.1) is 0 Å². The highest BCUT2D eigenvalue weighted by molar-refractivity contribution is 6.30. The van der Waals surface area contributed by atoms with Crippen molar-refractivity contribution < 1.29 is 23.0 Å². The zero-order chi connectivity index (χ0) is 35.6. The maximum Gasteiger partial charge on any atom is 0.255 e. The number of rotatable bonds is 9. The van der Waals surface area contributed by atoms with Gasteiger partial charge in [-0.05, 0) is 86.6 Å². The van der Waals surface area contributed by atoms with Crippen molar-refractivity contribution in [2.45, 2.75) is 57.8 Å². The highest BCUT2D eigenvalue weighted by atomic mass is 35.5. The highest BCUT2D eigenvalue weighted by Crippen LogP contribution is 2.65. The van der Waals surface area contributed by atoms with Crippen molar-refractivity contribution in [3.05, 3.63) is 106 Å². The van der Waals surface area contributed by atoms with Gasteiger partial charge in [0, 0.05) is 64.6 Å². The van der Waals surface area contributed by atoms with E-state index < -0.39 is 17.5 Å². The fraction of sp³-hybridized carbons (Fsp3) is 0.333. The first-order chi connectivity index (χ1) is 25.2. The predicted molar refractivity (Wildman–Crippen MR) is 194 cm³/mol. The average molecular weight is 724 g/mol. The molecule has 10 nitrogen and oxygen atoms in total. The molecule has 2 aliphatic heterocycles. The molecule has 13 heteroatoms. The summed E-state index contributed by atoms with van der Waals surface area (Å²) in [6.45, 7) is 5.07. The van der Waals surface area contributed by atoms with Gasteiger partial charge in [0.15, 0.2) is 5.82 Å². The average Bonchev–Trinajstić information content (AvgIpc) is 3.47. The van der Waals surface area contributed by atoms with Crippen LogP contribution in [0.4, 0.5) is 20.3 Å². The fourth-order valence-electron chi connectivity index (χ4n) is 7.75. The maximum absolute atomic E-state index is 14.7. The molecule has 9 rings (SSSR count). The molecular formula is C39H36ClF2N7O3. The molecule has 52 heavy (non-hydrogen) atoms. The van der Waals surface area contributed by atoms with E-state index in [4.69, 9.17) is 31.0 Å². The number of ether oxygens (including phenoxy) is 2. The second-order valence-electron chi connectivity index (χ2n) is 14.2. The van der Waals surface area contributed by atoms with Crippen LogP contribution in [0.1, 0.15) is 59.0 Å². The molecule has 2 unspecified atom stereocenters. The van der Waals surface area contributed by atoms with E-state index in [0.29, 0.717) is 39.2 Å². The number of carbonyl (C=O) groups is 1. The lowest BCUT2D eigenvalue weighted by Crippen LogP contribution is -2.36. The van der Waals surface area contributed by atoms with Crippen molar-refractivity contribution in [3.63, 3.8) is 0 Å². The number of amides is 1. The second-order valence-corrected chi connectivity index (χ2v) is 14.6. The Morgan fingerprint density at radius 1 is 1.08 bits per heavy atom. The summed E-state index contributed by atoms with van der Waals surface area (Å²) in [6, 6.07) is 18.9. The number of anilines is 2. The Hall–Kier alpha value is -5.07. The summed E-state index contributed by atoms with van der Waals surface area (Å²) in [6.07, 6.45) is 4.23. The number of imidazole rings is 1. The van der Waals surface area contributed by atoms with E-state index in [-0.39, 0.29) is 29.2 Å². The number of nitrogens with one attached hydrogen (secondary N) is 2. The van der Waals surface area contributed by atoms with Gasteiger partial charge in [0.05, 0.1) is 23.7 Å². The number of benzene rings is 3. The van der Waals surface area contributed by atoms with Crippen LogP contribution < -0.4 is 15.0 Å². The number of pyridine rings is 1. The predicted octanol–water partition coefficient (Wildman–Crippen LogP) is 7.94. The Morgan fingerprint density at radius 2 is 1.92 bits per heavy atom. The minimum Gasteiger partial charge on any atom is -0.473 e. The largest absolute Gasteiger partial charge is 0.473 e. The quantitative estimate of drug-likeness (QED) is 0.156. The minimum atomic E-state index is -0.546. The molecule has 2 saturated heterocycles. The fourth-order valence-corrected chi connectivity index (χ4v) is 7.91. The van der Waals surface area contributed by atoms with E-state index in [1.807, 2.05) is 30.3 Å². The van der Waals surface area contributed by atoms with Crippen LogP contribution in [0.5, 0.6) is 5.88 Å². The topological polar surface area (TPSA) is 110 Å². The van der Waals surface area contributed by atoms with E-state index in [1.165, 1.54) is 12.1 Å². The van der Waals surface area contributed by atoms with Gasteiger partial charge >= 0.3 is 0 Å². The lowest BCUT2D eigenvalue weighted by Gasteiger charge is -2.34. The SMILES string of the molecule is Cc1[nH]nc2c(F)cc(C(=O)Nc3ccc4c(c3)nc(C3CC35CCN(c3cccc(OCc6ccc(Cl)cc6F)n3)CC5)n4CC3CCO3)cc12. The van der Waals surface area contributed by atoms with Crippen LogP contribution in [-0.2, 0) is 17.9 Å². The van der Waals surface area contributed by atoms with E-state index in [0.717, 1.165) is 74.6 Å². The Bertz CT molecular complexity index is 2350. The molecule has 3 aliphatic rings. The first kappa shape index (κ1) is 32.8. The molecule has 6 aromatic rings. The van der Waals surface area contributed by atoms with Crippen LogP contribution in [-0.4, -0.2) is 56.4 Å². The van der Waals surface area contributed by atoms with Gasteiger partial charge in [-0.25, -0.2) is 13.8 Å². The van der Waals surface area contributed by atoms with Crippen LogP contribution in [0.15, 0.2) is 66.7 Å². The number of aromatic amines is 1. The monoisotopic (exact) mass is 723 g/mol. The van der Waals surface area contributed by atoms with Crippen LogP contribution >= 0.6 is 11.6 Å². The first-order valence-corrected chi connectivity index (χ1v) is 18.0. The lowest BCUT2D eigenvalue weighted by molar-refractivity contribution is -0.0590. The van der Waals surface area contributed by atoms with Crippen molar-refractivity contribution >= 4 is 50.9 Å².